The van der Waals surface area contributed by atoms with Crippen LogP contribution >= 0.6 is 11.6 Å². The minimum atomic E-state index is -0.500. The van der Waals surface area contributed by atoms with Crippen LogP contribution in [0.2, 0.25) is 5.02 Å². The molecule has 0 fully saturated rings. The van der Waals surface area contributed by atoms with E-state index in [1.807, 2.05) is 31.2 Å². The SMILES string of the molecule is CCO/C=N\C1=C(C#N)C(c2ccc(F)cc2)c2cc(Cl)c3ccccc3c2O1. The quantitative estimate of drug-likeness (QED) is 0.397. The number of hydrogen-bond donors (Lipinski definition) is 0. The summed E-state index contributed by atoms with van der Waals surface area (Å²) in [5.41, 5.74) is 1.77. The van der Waals surface area contributed by atoms with Gasteiger partial charge in [0.15, 0.2) is 6.40 Å². The summed E-state index contributed by atoms with van der Waals surface area (Å²) >= 11 is 6.54. The van der Waals surface area contributed by atoms with Crippen LogP contribution in [0.3, 0.4) is 0 Å². The van der Waals surface area contributed by atoms with Crippen LogP contribution < -0.4 is 4.74 Å². The number of allylic oxidation sites excluding steroid dienone is 1. The lowest BCUT2D eigenvalue weighted by atomic mass is 9.82. The van der Waals surface area contributed by atoms with Gasteiger partial charge in [0.25, 0.3) is 0 Å². The zero-order valence-electron chi connectivity index (χ0n) is 15.5. The summed E-state index contributed by atoms with van der Waals surface area (Å²) in [6.07, 6.45) is 1.26. The van der Waals surface area contributed by atoms with Crippen molar-refractivity contribution in [3.05, 3.63) is 88.0 Å². The Hall–Kier alpha value is -3.36. The van der Waals surface area contributed by atoms with Gasteiger partial charge in [0.2, 0.25) is 5.88 Å². The summed E-state index contributed by atoms with van der Waals surface area (Å²) < 4.78 is 24.8. The molecule has 4 rings (SSSR count). The Labute approximate surface area is 172 Å². The van der Waals surface area contributed by atoms with Crippen LogP contribution in [0.5, 0.6) is 5.75 Å². The highest BCUT2D eigenvalue weighted by Crippen LogP contribution is 2.48. The molecule has 0 N–H and O–H groups in total. The van der Waals surface area contributed by atoms with Gasteiger partial charge in [0.1, 0.15) is 23.2 Å². The van der Waals surface area contributed by atoms with E-state index >= 15 is 0 Å². The number of ether oxygens (including phenoxy) is 2. The Bertz CT molecular complexity index is 1180. The summed E-state index contributed by atoms with van der Waals surface area (Å²) in [4.78, 5) is 4.23. The van der Waals surface area contributed by atoms with Crippen molar-refractivity contribution in [2.45, 2.75) is 12.8 Å². The zero-order valence-corrected chi connectivity index (χ0v) is 16.3. The number of benzene rings is 3. The molecule has 144 valence electrons. The molecule has 1 aliphatic heterocycles. The fourth-order valence-electron chi connectivity index (χ4n) is 3.45. The molecule has 1 atom stereocenters. The van der Waals surface area contributed by atoms with Gasteiger partial charge < -0.3 is 9.47 Å². The van der Waals surface area contributed by atoms with Gasteiger partial charge >= 0.3 is 0 Å². The summed E-state index contributed by atoms with van der Waals surface area (Å²) in [5.74, 6) is -0.132. The second-order valence-corrected chi connectivity index (χ2v) is 6.84. The highest BCUT2D eigenvalue weighted by atomic mass is 35.5. The van der Waals surface area contributed by atoms with Crippen LogP contribution in [0.4, 0.5) is 4.39 Å². The highest BCUT2D eigenvalue weighted by molar-refractivity contribution is 6.36. The van der Waals surface area contributed by atoms with E-state index in [2.05, 4.69) is 11.1 Å². The van der Waals surface area contributed by atoms with Crippen molar-refractivity contribution in [2.24, 2.45) is 4.99 Å². The molecular weight excluding hydrogens is 391 g/mol. The Morgan fingerprint density at radius 1 is 1.21 bits per heavy atom. The molecule has 0 saturated heterocycles. The van der Waals surface area contributed by atoms with Gasteiger partial charge in [-0.25, -0.2) is 4.39 Å². The molecule has 1 heterocycles. The summed E-state index contributed by atoms with van der Waals surface area (Å²) in [6, 6.07) is 17.6. The summed E-state index contributed by atoms with van der Waals surface area (Å²) in [7, 11) is 0. The first-order chi connectivity index (χ1) is 14.1. The third-order valence-electron chi connectivity index (χ3n) is 4.74. The lowest BCUT2D eigenvalue weighted by Gasteiger charge is -2.28. The van der Waals surface area contributed by atoms with E-state index in [0.717, 1.165) is 21.9 Å². The van der Waals surface area contributed by atoms with Crippen molar-refractivity contribution in [3.8, 4) is 11.8 Å². The first-order valence-electron chi connectivity index (χ1n) is 9.07. The molecule has 3 aromatic carbocycles. The minimum absolute atomic E-state index is 0.148. The van der Waals surface area contributed by atoms with Gasteiger partial charge in [-0.15, -0.1) is 0 Å². The molecule has 6 heteroatoms. The zero-order chi connectivity index (χ0) is 20.4. The lowest BCUT2D eigenvalue weighted by molar-refractivity contribution is 0.336. The second kappa shape index (κ2) is 7.94. The molecule has 1 unspecified atom stereocenters. The van der Waals surface area contributed by atoms with E-state index in [-0.39, 0.29) is 11.7 Å². The first kappa shape index (κ1) is 19.0. The molecular formula is C23H16ClFN2O2. The number of nitrogens with zero attached hydrogens (tertiary/aromatic N) is 2. The van der Waals surface area contributed by atoms with Crippen molar-refractivity contribution in [1.82, 2.24) is 0 Å². The fourth-order valence-corrected chi connectivity index (χ4v) is 3.74. The van der Waals surface area contributed by atoms with Crippen molar-refractivity contribution >= 4 is 28.8 Å². The number of rotatable bonds is 4. The molecule has 0 radical (unpaired) electrons. The standard InChI is InChI=1S/C23H16ClFN2O2/c1-2-28-13-27-23-19(12-26)21(14-7-9-15(25)10-8-14)18-11-20(24)16-5-3-4-6-17(16)22(18)29-23/h3-11,13,21H,2H2,1H3/b27-13-. The average Bonchev–Trinajstić information content (AvgIpc) is 2.74. The Morgan fingerprint density at radius 2 is 1.93 bits per heavy atom. The Kier molecular flexibility index (Phi) is 5.20. The lowest BCUT2D eigenvalue weighted by Crippen LogP contribution is -2.16. The van der Waals surface area contributed by atoms with Crippen LogP contribution in [-0.4, -0.2) is 13.0 Å². The van der Waals surface area contributed by atoms with Gasteiger partial charge in [-0.05, 0) is 30.7 Å². The third kappa shape index (κ3) is 3.43. The largest absolute Gasteiger partial charge is 0.483 e. The molecule has 0 aromatic heterocycles. The molecule has 0 amide bonds. The number of hydrogen-bond acceptors (Lipinski definition) is 4. The normalized spacial score (nSPS) is 15.9. The van der Waals surface area contributed by atoms with E-state index in [1.54, 1.807) is 18.2 Å². The van der Waals surface area contributed by atoms with E-state index in [1.165, 1.54) is 18.5 Å². The third-order valence-corrected chi connectivity index (χ3v) is 5.05. The predicted molar refractivity (Wildman–Crippen MR) is 111 cm³/mol. The van der Waals surface area contributed by atoms with Gasteiger partial charge in [0, 0.05) is 21.4 Å². The van der Waals surface area contributed by atoms with Crippen molar-refractivity contribution in [1.29, 1.82) is 5.26 Å². The molecule has 0 spiro atoms. The van der Waals surface area contributed by atoms with Crippen LogP contribution in [0.1, 0.15) is 24.0 Å². The molecule has 4 nitrogen and oxygen atoms in total. The number of fused-ring (bicyclic) bond motifs is 3. The second-order valence-electron chi connectivity index (χ2n) is 6.43. The van der Waals surface area contributed by atoms with Crippen molar-refractivity contribution < 1.29 is 13.9 Å². The topological polar surface area (TPSA) is 54.6 Å². The maximum absolute atomic E-state index is 13.5. The van der Waals surface area contributed by atoms with E-state index < -0.39 is 5.92 Å². The number of nitriles is 1. The summed E-state index contributed by atoms with van der Waals surface area (Å²) in [5, 5.41) is 12.1. The van der Waals surface area contributed by atoms with E-state index in [9.17, 15) is 9.65 Å². The molecule has 0 saturated carbocycles. The van der Waals surface area contributed by atoms with E-state index in [4.69, 9.17) is 21.1 Å². The average molecular weight is 407 g/mol. The Balaban J connectivity index is 2.00. The van der Waals surface area contributed by atoms with Crippen LogP contribution in [0.25, 0.3) is 10.8 Å². The van der Waals surface area contributed by atoms with Gasteiger partial charge in [-0.3, -0.25) is 0 Å². The monoisotopic (exact) mass is 406 g/mol. The van der Waals surface area contributed by atoms with Gasteiger partial charge in [-0.2, -0.15) is 10.3 Å². The maximum Gasteiger partial charge on any atom is 0.236 e. The smallest absolute Gasteiger partial charge is 0.236 e. The molecule has 29 heavy (non-hydrogen) atoms. The molecule has 3 aromatic rings. The molecule has 1 aliphatic rings. The van der Waals surface area contributed by atoms with Gasteiger partial charge in [-0.1, -0.05) is 48.0 Å². The fraction of sp³-hybridized carbons (Fsp3) is 0.130. The van der Waals surface area contributed by atoms with Crippen molar-refractivity contribution in [2.75, 3.05) is 6.61 Å². The predicted octanol–water partition coefficient (Wildman–Crippen LogP) is 5.96. The van der Waals surface area contributed by atoms with Crippen LogP contribution in [0.15, 0.2) is 71.0 Å². The Morgan fingerprint density at radius 3 is 2.62 bits per heavy atom. The number of aliphatic imine (C=N–C) groups is 1. The first-order valence-corrected chi connectivity index (χ1v) is 9.44. The number of halogens is 2. The van der Waals surface area contributed by atoms with Crippen LogP contribution in [-0.2, 0) is 4.74 Å². The van der Waals surface area contributed by atoms with E-state index in [0.29, 0.717) is 23.0 Å². The molecule has 0 bridgehead atoms. The minimum Gasteiger partial charge on any atom is -0.483 e. The maximum atomic E-state index is 13.5. The van der Waals surface area contributed by atoms with Gasteiger partial charge in [0.05, 0.1) is 12.5 Å². The van der Waals surface area contributed by atoms with Crippen LogP contribution in [0, 0.1) is 17.1 Å². The van der Waals surface area contributed by atoms with Crippen molar-refractivity contribution in [3.63, 3.8) is 0 Å². The molecule has 0 aliphatic carbocycles. The summed E-state index contributed by atoms with van der Waals surface area (Å²) in [6.45, 7) is 2.27. The highest BCUT2D eigenvalue weighted by Gasteiger charge is 2.33.